The van der Waals surface area contributed by atoms with Crippen molar-refractivity contribution in [1.29, 1.82) is 0 Å². The van der Waals surface area contributed by atoms with Crippen molar-refractivity contribution in [2.45, 2.75) is 33.1 Å². The van der Waals surface area contributed by atoms with Gasteiger partial charge in [0.1, 0.15) is 5.75 Å². The van der Waals surface area contributed by atoms with Gasteiger partial charge in [-0.3, -0.25) is 4.79 Å². The van der Waals surface area contributed by atoms with E-state index in [1.54, 1.807) is 17.4 Å². The molecule has 0 radical (unpaired) electrons. The smallest absolute Gasteiger partial charge is 0.195 e. The molecule has 5 heteroatoms. The minimum atomic E-state index is 0.0180. The van der Waals surface area contributed by atoms with Crippen molar-refractivity contribution in [3.05, 3.63) is 54.6 Å². The van der Waals surface area contributed by atoms with Crippen molar-refractivity contribution >= 4 is 55.1 Å². The molecule has 0 amide bonds. The average molecular weight is 472 g/mol. The van der Waals surface area contributed by atoms with Gasteiger partial charge in [-0.1, -0.05) is 36.2 Å². The van der Waals surface area contributed by atoms with E-state index in [4.69, 9.17) is 4.74 Å². The molecule has 1 aromatic heterocycles. The molecule has 0 aliphatic heterocycles. The molecular formula is C19H20Br2O2S. The first-order chi connectivity index (χ1) is 11.5. The zero-order valence-corrected chi connectivity index (χ0v) is 17.8. The lowest BCUT2D eigenvalue weighted by atomic mass is 10.1. The molecule has 2 aromatic rings. The molecule has 0 aliphatic carbocycles. The molecule has 0 spiro atoms. The van der Waals surface area contributed by atoms with Crippen molar-refractivity contribution in [2.24, 2.45) is 0 Å². The maximum Gasteiger partial charge on any atom is 0.195 e. The Morgan fingerprint density at radius 3 is 2.71 bits per heavy atom. The van der Waals surface area contributed by atoms with E-state index in [1.165, 1.54) is 4.88 Å². The van der Waals surface area contributed by atoms with E-state index in [9.17, 15) is 4.79 Å². The van der Waals surface area contributed by atoms with Gasteiger partial charge in [0.2, 0.25) is 0 Å². The predicted octanol–water partition coefficient (Wildman–Crippen LogP) is 6.91. The third kappa shape index (κ3) is 5.30. The van der Waals surface area contributed by atoms with Crippen molar-refractivity contribution in [1.82, 2.24) is 0 Å². The normalized spacial score (nSPS) is 11.2. The van der Waals surface area contributed by atoms with E-state index < -0.39 is 0 Å². The average Bonchev–Trinajstić information content (AvgIpc) is 2.93. The molecule has 128 valence electrons. The molecule has 0 bridgehead atoms. The highest BCUT2D eigenvalue weighted by Crippen LogP contribution is 2.30. The number of allylic oxidation sites excluding steroid dienone is 1. The number of thiophene rings is 1. The Morgan fingerprint density at radius 1 is 1.21 bits per heavy atom. The van der Waals surface area contributed by atoms with Gasteiger partial charge < -0.3 is 4.74 Å². The molecule has 0 aliphatic rings. The summed E-state index contributed by atoms with van der Waals surface area (Å²) in [7, 11) is 0. The summed E-state index contributed by atoms with van der Waals surface area (Å²) in [5.41, 5.74) is 0.899. The minimum absolute atomic E-state index is 0.0180. The van der Waals surface area contributed by atoms with Gasteiger partial charge in [-0.25, -0.2) is 0 Å². The Hall–Kier alpha value is -0.910. The number of hydrogen-bond acceptors (Lipinski definition) is 3. The lowest BCUT2D eigenvalue weighted by Crippen LogP contribution is -1.97. The van der Waals surface area contributed by atoms with Crippen LogP contribution in [0.25, 0.3) is 6.08 Å². The van der Waals surface area contributed by atoms with Crippen molar-refractivity contribution in [2.75, 3.05) is 6.61 Å². The summed E-state index contributed by atoms with van der Waals surface area (Å²) >= 11 is 8.57. The summed E-state index contributed by atoms with van der Waals surface area (Å²) < 4.78 is 7.74. The Bertz CT molecular complexity index is 735. The van der Waals surface area contributed by atoms with E-state index in [0.29, 0.717) is 6.61 Å². The summed E-state index contributed by atoms with van der Waals surface area (Å²) in [4.78, 5) is 14.4. The molecular weight excluding hydrogens is 452 g/mol. The molecule has 0 saturated carbocycles. The standard InChI is InChI=1S/C19H20Br2O2S/c1-3-5-18-15(21)12-19(24-18)16(22)8-6-13-11-14(20)7-9-17(13)23-10-4-2/h6-9,11-12H,3-5,10H2,1-2H3/b8-6+. The second-order valence-electron chi connectivity index (χ2n) is 5.36. The van der Waals surface area contributed by atoms with E-state index in [1.807, 2.05) is 30.3 Å². The van der Waals surface area contributed by atoms with Crippen LogP contribution >= 0.6 is 43.2 Å². The van der Waals surface area contributed by atoms with Crippen LogP contribution in [0.4, 0.5) is 0 Å². The summed E-state index contributed by atoms with van der Waals surface area (Å²) in [5, 5.41) is 0. The van der Waals surface area contributed by atoms with Gasteiger partial charge in [0.05, 0.1) is 11.5 Å². The molecule has 1 heterocycles. The second kappa shape index (κ2) is 9.54. The molecule has 24 heavy (non-hydrogen) atoms. The predicted molar refractivity (Wildman–Crippen MR) is 109 cm³/mol. The van der Waals surface area contributed by atoms with Crippen molar-refractivity contribution in [3.63, 3.8) is 0 Å². The van der Waals surface area contributed by atoms with Crippen LogP contribution in [0.2, 0.25) is 0 Å². The highest BCUT2D eigenvalue weighted by Gasteiger charge is 2.11. The van der Waals surface area contributed by atoms with Gasteiger partial charge in [0, 0.05) is 19.4 Å². The number of ether oxygens (including phenoxy) is 1. The van der Waals surface area contributed by atoms with E-state index in [-0.39, 0.29) is 5.78 Å². The summed E-state index contributed by atoms with van der Waals surface area (Å²) in [6.45, 7) is 4.87. The number of aryl methyl sites for hydroxylation is 1. The first-order valence-corrected chi connectivity index (χ1v) is 10.4. The van der Waals surface area contributed by atoms with Crippen LogP contribution in [0, 0.1) is 0 Å². The number of hydrogen-bond donors (Lipinski definition) is 0. The number of rotatable bonds is 8. The van der Waals surface area contributed by atoms with Crippen LogP contribution in [-0.2, 0) is 6.42 Å². The van der Waals surface area contributed by atoms with E-state index in [2.05, 4.69) is 45.7 Å². The lowest BCUT2D eigenvalue weighted by molar-refractivity contribution is 0.105. The number of carbonyl (C=O) groups is 1. The minimum Gasteiger partial charge on any atom is -0.493 e. The molecule has 0 N–H and O–H groups in total. The highest BCUT2D eigenvalue weighted by atomic mass is 79.9. The molecule has 0 saturated heterocycles. The number of ketones is 1. The van der Waals surface area contributed by atoms with Gasteiger partial charge in [-0.2, -0.15) is 0 Å². The summed E-state index contributed by atoms with van der Waals surface area (Å²) in [6.07, 6.45) is 6.45. The molecule has 2 rings (SSSR count). The number of halogens is 2. The monoisotopic (exact) mass is 470 g/mol. The summed E-state index contributed by atoms with van der Waals surface area (Å²) in [5.74, 6) is 0.813. The zero-order chi connectivity index (χ0) is 17.5. The largest absolute Gasteiger partial charge is 0.493 e. The van der Waals surface area contributed by atoms with Crippen molar-refractivity contribution in [3.8, 4) is 5.75 Å². The van der Waals surface area contributed by atoms with Crippen LogP contribution in [0.1, 0.15) is 46.8 Å². The van der Waals surface area contributed by atoms with Gasteiger partial charge in [-0.05, 0) is 65.2 Å². The molecule has 1 aromatic carbocycles. The van der Waals surface area contributed by atoms with Crippen LogP contribution in [-0.4, -0.2) is 12.4 Å². The van der Waals surface area contributed by atoms with Crippen molar-refractivity contribution < 1.29 is 9.53 Å². The van der Waals surface area contributed by atoms with Gasteiger partial charge in [-0.15, -0.1) is 11.3 Å². The Labute approximate surface area is 164 Å². The topological polar surface area (TPSA) is 26.3 Å². The highest BCUT2D eigenvalue weighted by molar-refractivity contribution is 9.10. The van der Waals surface area contributed by atoms with Crippen LogP contribution < -0.4 is 4.74 Å². The fourth-order valence-corrected chi connectivity index (χ4v) is 4.44. The Morgan fingerprint density at radius 2 is 2.00 bits per heavy atom. The second-order valence-corrected chi connectivity index (χ2v) is 8.27. The maximum absolute atomic E-state index is 12.4. The fraction of sp³-hybridized carbons (Fsp3) is 0.316. The van der Waals surface area contributed by atoms with E-state index in [0.717, 1.165) is 44.4 Å². The van der Waals surface area contributed by atoms with Gasteiger partial charge >= 0.3 is 0 Å². The fourth-order valence-electron chi connectivity index (χ4n) is 2.17. The first-order valence-electron chi connectivity index (χ1n) is 7.98. The maximum atomic E-state index is 12.4. The Kier molecular flexibility index (Phi) is 7.72. The molecule has 0 unspecified atom stereocenters. The van der Waals surface area contributed by atoms with Crippen LogP contribution in [0.15, 0.2) is 39.3 Å². The molecule has 0 fully saturated rings. The SMILES string of the molecule is CCCOc1ccc(Br)cc1/C=C/C(=O)c1cc(Br)c(CCC)s1. The molecule has 0 atom stereocenters. The van der Waals surface area contributed by atoms with Gasteiger partial charge in [0.25, 0.3) is 0 Å². The van der Waals surface area contributed by atoms with Crippen LogP contribution in [0.5, 0.6) is 5.75 Å². The third-order valence-corrected chi connectivity index (χ3v) is 6.00. The summed E-state index contributed by atoms with van der Waals surface area (Å²) in [6, 6.07) is 7.74. The quantitative estimate of drug-likeness (QED) is 0.308. The lowest BCUT2D eigenvalue weighted by Gasteiger charge is -2.08. The zero-order valence-electron chi connectivity index (χ0n) is 13.8. The number of carbonyl (C=O) groups excluding carboxylic acids is 1. The molecule has 2 nitrogen and oxygen atoms in total. The van der Waals surface area contributed by atoms with Gasteiger partial charge in [0.15, 0.2) is 5.78 Å². The first kappa shape index (κ1) is 19.4. The Balaban J connectivity index is 2.19. The number of benzene rings is 1. The van der Waals surface area contributed by atoms with Crippen LogP contribution in [0.3, 0.4) is 0 Å². The third-order valence-electron chi connectivity index (χ3n) is 3.33. The van der Waals surface area contributed by atoms with E-state index >= 15 is 0 Å².